The number of hydrogen-bond donors (Lipinski definition) is 1. The number of esters is 1. The van der Waals surface area contributed by atoms with Crippen LogP contribution in [0.25, 0.3) is 15.9 Å². The summed E-state index contributed by atoms with van der Waals surface area (Å²) in [5, 5.41) is 8.17. The number of hydrogen-bond acceptors (Lipinski definition) is 6. The van der Waals surface area contributed by atoms with Gasteiger partial charge in [-0.3, -0.25) is 4.79 Å². The van der Waals surface area contributed by atoms with Crippen LogP contribution in [0.15, 0.2) is 59.2 Å². The molecule has 0 aliphatic heterocycles. The minimum absolute atomic E-state index is 0.306. The van der Waals surface area contributed by atoms with Gasteiger partial charge in [0.1, 0.15) is 15.5 Å². The van der Waals surface area contributed by atoms with Crippen LogP contribution in [0.5, 0.6) is 0 Å². The molecule has 4 rings (SSSR count). The second kappa shape index (κ2) is 7.92. The predicted molar refractivity (Wildman–Crippen MR) is 109 cm³/mol. The highest BCUT2D eigenvalue weighted by atomic mass is 32.1. The molecule has 0 radical (unpaired) electrons. The maximum atomic E-state index is 12.5. The second-order valence-corrected chi connectivity index (χ2v) is 7.57. The molecule has 0 bridgehead atoms. The van der Waals surface area contributed by atoms with Gasteiger partial charge >= 0.3 is 5.97 Å². The molecule has 0 fully saturated rings. The molecule has 1 N–H and O–H groups in total. The Bertz CT molecular complexity index is 1150. The lowest BCUT2D eigenvalue weighted by Gasteiger charge is -2.11. The number of benzene rings is 1. The van der Waals surface area contributed by atoms with E-state index in [1.807, 2.05) is 41.9 Å². The molecule has 3 aromatic heterocycles. The molecule has 1 atom stereocenters. The molecule has 0 spiro atoms. The maximum Gasteiger partial charge on any atom is 0.348 e. The van der Waals surface area contributed by atoms with Crippen LogP contribution in [-0.2, 0) is 9.53 Å². The lowest BCUT2D eigenvalue weighted by molar-refractivity contribution is -0.125. The zero-order valence-corrected chi connectivity index (χ0v) is 16.7. The molecule has 3 heterocycles. The average Bonchev–Trinajstić information content (AvgIpc) is 3.45. The third-order valence-corrected chi connectivity index (χ3v) is 5.52. The molecular formula is C21H19N3O4S. The first-order valence-corrected chi connectivity index (χ1v) is 9.89. The summed E-state index contributed by atoms with van der Waals surface area (Å²) in [6.07, 6.45) is 1.54. The van der Waals surface area contributed by atoms with E-state index in [9.17, 15) is 9.59 Å². The number of aryl methyl sites for hydroxylation is 1. The van der Waals surface area contributed by atoms with Crippen LogP contribution in [0.3, 0.4) is 0 Å². The number of furan rings is 1. The fraction of sp³-hybridized carbons (Fsp3) is 0.190. The van der Waals surface area contributed by atoms with Gasteiger partial charge in [-0.2, -0.15) is 5.10 Å². The molecular weight excluding hydrogens is 390 g/mol. The lowest BCUT2D eigenvalue weighted by atomic mass is 10.2. The highest BCUT2D eigenvalue weighted by Gasteiger charge is 2.19. The molecule has 7 nitrogen and oxygen atoms in total. The third-order valence-electron chi connectivity index (χ3n) is 4.43. The smallest absolute Gasteiger partial charge is 0.348 e. The number of carbonyl (C=O) groups excluding carboxylic acids is 2. The van der Waals surface area contributed by atoms with Gasteiger partial charge in [0.05, 0.1) is 23.7 Å². The largest absolute Gasteiger partial charge is 0.467 e. The Kier molecular flexibility index (Phi) is 5.18. The summed E-state index contributed by atoms with van der Waals surface area (Å²) in [7, 11) is 0. The lowest BCUT2D eigenvalue weighted by Crippen LogP contribution is -2.30. The summed E-state index contributed by atoms with van der Waals surface area (Å²) in [6, 6.07) is 14.7. The van der Waals surface area contributed by atoms with E-state index < -0.39 is 11.9 Å². The van der Waals surface area contributed by atoms with Crippen molar-refractivity contribution in [3.05, 3.63) is 71.1 Å². The van der Waals surface area contributed by atoms with Gasteiger partial charge in [0.15, 0.2) is 6.61 Å². The van der Waals surface area contributed by atoms with E-state index in [-0.39, 0.29) is 12.6 Å². The van der Waals surface area contributed by atoms with E-state index >= 15 is 0 Å². The Hall–Kier alpha value is -3.39. The summed E-state index contributed by atoms with van der Waals surface area (Å²) >= 11 is 1.29. The van der Waals surface area contributed by atoms with E-state index in [1.54, 1.807) is 25.1 Å². The second-order valence-electron chi connectivity index (χ2n) is 6.54. The summed E-state index contributed by atoms with van der Waals surface area (Å²) in [6.45, 7) is 3.33. The highest BCUT2D eigenvalue weighted by Crippen LogP contribution is 2.30. The molecule has 0 aliphatic carbocycles. The van der Waals surface area contributed by atoms with Gasteiger partial charge in [-0.15, -0.1) is 11.3 Å². The Morgan fingerprint density at radius 2 is 2.03 bits per heavy atom. The number of ether oxygens (including phenoxy) is 1. The number of nitrogens with one attached hydrogen (secondary N) is 1. The predicted octanol–water partition coefficient (Wildman–Crippen LogP) is 4.02. The SMILES string of the molecule is Cc1nn(-c2ccccc2)c2sc(C(=O)OCC(=O)N[C@H](C)c3ccco3)cc12. The molecule has 8 heteroatoms. The standard InChI is InChI=1S/C21H19N3O4S/c1-13-16-11-18(29-20(16)24(23-13)15-7-4-3-5-8-15)21(26)28-12-19(25)22-14(2)17-9-6-10-27-17/h3-11,14H,12H2,1-2H3,(H,22,25)/t14-/m1/s1. The van der Waals surface area contributed by atoms with Crippen molar-refractivity contribution in [1.29, 1.82) is 0 Å². The first kappa shape index (κ1) is 18.9. The first-order chi connectivity index (χ1) is 14.0. The molecule has 1 amide bonds. The van der Waals surface area contributed by atoms with Gasteiger partial charge in [-0.05, 0) is 44.2 Å². The van der Waals surface area contributed by atoms with Gasteiger partial charge < -0.3 is 14.5 Å². The van der Waals surface area contributed by atoms with Crippen LogP contribution in [0.2, 0.25) is 0 Å². The number of carbonyl (C=O) groups is 2. The van der Waals surface area contributed by atoms with Crippen LogP contribution in [0.1, 0.15) is 34.1 Å². The van der Waals surface area contributed by atoms with Crippen LogP contribution in [0.4, 0.5) is 0 Å². The van der Waals surface area contributed by atoms with E-state index in [2.05, 4.69) is 10.4 Å². The van der Waals surface area contributed by atoms with Gasteiger partial charge in [0.25, 0.3) is 5.91 Å². The molecule has 1 aromatic carbocycles. The maximum absolute atomic E-state index is 12.5. The van der Waals surface area contributed by atoms with E-state index in [4.69, 9.17) is 9.15 Å². The van der Waals surface area contributed by atoms with Gasteiger partial charge in [0, 0.05) is 5.39 Å². The van der Waals surface area contributed by atoms with Crippen LogP contribution in [0, 0.1) is 6.92 Å². The van der Waals surface area contributed by atoms with Crippen molar-refractivity contribution in [3.8, 4) is 5.69 Å². The van der Waals surface area contributed by atoms with E-state index in [0.717, 1.165) is 21.6 Å². The van der Waals surface area contributed by atoms with Crippen molar-refractivity contribution in [1.82, 2.24) is 15.1 Å². The van der Waals surface area contributed by atoms with Crippen LogP contribution < -0.4 is 5.32 Å². The Balaban J connectivity index is 1.44. The van der Waals surface area contributed by atoms with Crippen molar-refractivity contribution in [2.75, 3.05) is 6.61 Å². The van der Waals surface area contributed by atoms with Crippen molar-refractivity contribution in [2.45, 2.75) is 19.9 Å². The van der Waals surface area contributed by atoms with Crippen LogP contribution in [-0.4, -0.2) is 28.3 Å². The van der Waals surface area contributed by atoms with E-state index in [1.165, 1.54) is 17.6 Å². The topological polar surface area (TPSA) is 86.4 Å². The van der Waals surface area contributed by atoms with Gasteiger partial charge in [-0.25, -0.2) is 9.48 Å². The Morgan fingerprint density at radius 1 is 1.24 bits per heavy atom. The van der Waals surface area contributed by atoms with Crippen LogP contribution >= 0.6 is 11.3 Å². The Labute approximate surface area is 170 Å². The zero-order chi connectivity index (χ0) is 20.4. The number of fused-ring (bicyclic) bond motifs is 1. The monoisotopic (exact) mass is 409 g/mol. The number of amides is 1. The summed E-state index contributed by atoms with van der Waals surface area (Å²) in [4.78, 5) is 25.8. The molecule has 0 aliphatic rings. The minimum atomic E-state index is -0.536. The van der Waals surface area contributed by atoms with Crippen molar-refractivity contribution < 1.29 is 18.7 Å². The summed E-state index contributed by atoms with van der Waals surface area (Å²) < 4.78 is 12.2. The molecule has 29 heavy (non-hydrogen) atoms. The number of thiophene rings is 1. The normalized spacial score (nSPS) is 12.1. The highest BCUT2D eigenvalue weighted by molar-refractivity contribution is 7.20. The Morgan fingerprint density at radius 3 is 2.76 bits per heavy atom. The fourth-order valence-corrected chi connectivity index (χ4v) is 4.06. The zero-order valence-electron chi connectivity index (χ0n) is 15.9. The quantitative estimate of drug-likeness (QED) is 0.486. The molecule has 148 valence electrons. The summed E-state index contributed by atoms with van der Waals surface area (Å²) in [5.41, 5.74) is 1.74. The molecule has 0 saturated carbocycles. The number of aromatic nitrogens is 2. The van der Waals surface area contributed by atoms with Crippen molar-refractivity contribution in [2.24, 2.45) is 0 Å². The molecule has 4 aromatic rings. The van der Waals surface area contributed by atoms with Crippen molar-refractivity contribution in [3.63, 3.8) is 0 Å². The summed E-state index contributed by atoms with van der Waals surface area (Å²) in [5.74, 6) is -0.295. The molecule has 0 saturated heterocycles. The van der Waals surface area contributed by atoms with Gasteiger partial charge in [0.2, 0.25) is 0 Å². The first-order valence-electron chi connectivity index (χ1n) is 9.07. The van der Waals surface area contributed by atoms with Crippen molar-refractivity contribution >= 4 is 33.4 Å². The minimum Gasteiger partial charge on any atom is -0.467 e. The molecule has 0 unspecified atom stereocenters. The number of rotatable bonds is 6. The number of nitrogens with zero attached hydrogens (tertiary/aromatic N) is 2. The average molecular weight is 409 g/mol. The van der Waals surface area contributed by atoms with E-state index in [0.29, 0.717) is 10.6 Å². The number of para-hydroxylation sites is 1. The fourth-order valence-electron chi connectivity index (χ4n) is 2.99. The van der Waals surface area contributed by atoms with Gasteiger partial charge in [-0.1, -0.05) is 18.2 Å². The third kappa shape index (κ3) is 3.93.